The molecule has 0 spiro atoms. The zero-order chi connectivity index (χ0) is 19.4. The molecule has 0 atom stereocenters. The van der Waals surface area contributed by atoms with Gasteiger partial charge in [-0.25, -0.2) is 4.98 Å². The molecule has 0 aromatic carbocycles. The summed E-state index contributed by atoms with van der Waals surface area (Å²) in [7, 11) is 0.870. The quantitative estimate of drug-likeness (QED) is 0.278. The van der Waals surface area contributed by atoms with E-state index in [-0.39, 0.29) is 0 Å². The molecule has 0 aliphatic rings. The van der Waals surface area contributed by atoms with Gasteiger partial charge in [0, 0.05) is 61.7 Å². The molecule has 146 valence electrons. The lowest BCUT2D eigenvalue weighted by Gasteiger charge is -2.15. The molecule has 3 aromatic rings. The highest BCUT2D eigenvalue weighted by molar-refractivity contribution is 7.99. The van der Waals surface area contributed by atoms with Gasteiger partial charge in [0.2, 0.25) is 0 Å². The van der Waals surface area contributed by atoms with Crippen molar-refractivity contribution >= 4 is 30.9 Å². The number of hydrogen-bond donors (Lipinski definition) is 0. The normalized spacial score (nSPS) is 12.2. The van der Waals surface area contributed by atoms with E-state index in [1.54, 1.807) is 0 Å². The highest BCUT2D eigenvalue weighted by Crippen LogP contribution is 2.32. The molecule has 0 radical (unpaired) electrons. The van der Waals surface area contributed by atoms with Crippen molar-refractivity contribution < 1.29 is 4.74 Å². The summed E-state index contributed by atoms with van der Waals surface area (Å²) in [5, 5.41) is 5.50. The molecule has 0 N–H and O–H groups in total. The van der Waals surface area contributed by atoms with E-state index in [0.29, 0.717) is 6.73 Å². The molecule has 0 unspecified atom stereocenters. The maximum absolute atomic E-state index is 5.99. The molecule has 0 aliphatic carbocycles. The molecule has 3 heterocycles. The summed E-state index contributed by atoms with van der Waals surface area (Å²) < 4.78 is 9.95. The van der Waals surface area contributed by atoms with Gasteiger partial charge in [0.05, 0.1) is 6.20 Å². The molecule has 0 bridgehead atoms. The van der Waals surface area contributed by atoms with Crippen LogP contribution in [0.3, 0.4) is 0 Å². The van der Waals surface area contributed by atoms with Gasteiger partial charge in [0.25, 0.3) is 0 Å². The van der Waals surface area contributed by atoms with Crippen molar-refractivity contribution in [3.8, 4) is 11.1 Å². The van der Waals surface area contributed by atoms with Crippen LogP contribution in [0, 0.1) is 0 Å². The number of pyridine rings is 1. The molecule has 0 aliphatic heterocycles. The van der Waals surface area contributed by atoms with E-state index in [9.17, 15) is 0 Å². The van der Waals surface area contributed by atoms with E-state index in [2.05, 4.69) is 54.7 Å². The molecule has 7 heteroatoms. The molecule has 0 saturated carbocycles. The lowest BCUT2D eigenvalue weighted by molar-refractivity contribution is 0.0899. The number of aryl methyl sites for hydroxylation is 1. The smallest absolute Gasteiger partial charge is 0.142 e. The van der Waals surface area contributed by atoms with Crippen LogP contribution in [0.15, 0.2) is 35.7 Å². The summed E-state index contributed by atoms with van der Waals surface area (Å²) in [5.41, 5.74) is 3.25. The second-order valence-corrected chi connectivity index (χ2v) is 14.9. The monoisotopic (exact) mass is 402 g/mol. The summed E-state index contributed by atoms with van der Waals surface area (Å²) in [5.74, 6) is 1.11. The summed E-state index contributed by atoms with van der Waals surface area (Å²) >= 11 is 1.86. The highest BCUT2D eigenvalue weighted by atomic mass is 32.2. The number of rotatable bonds is 9. The van der Waals surface area contributed by atoms with Gasteiger partial charge < -0.3 is 9.30 Å². The number of ether oxygens (including phenoxy) is 1. The Labute approximate surface area is 167 Å². The predicted molar refractivity (Wildman–Crippen MR) is 117 cm³/mol. The van der Waals surface area contributed by atoms with Gasteiger partial charge in [-0.1, -0.05) is 26.6 Å². The van der Waals surface area contributed by atoms with Crippen molar-refractivity contribution in [3.05, 3.63) is 30.9 Å². The predicted octanol–water partition coefficient (Wildman–Crippen LogP) is 5.25. The zero-order valence-corrected chi connectivity index (χ0v) is 18.8. The fourth-order valence-corrected chi connectivity index (χ4v) is 4.41. The lowest BCUT2D eigenvalue weighted by atomic mass is 10.1. The van der Waals surface area contributed by atoms with Gasteiger partial charge in [-0.2, -0.15) is 5.10 Å². The number of hydrogen-bond acceptors (Lipinski definition) is 4. The Balaban J connectivity index is 1.89. The first-order chi connectivity index (χ1) is 12.9. The molecule has 3 aromatic heterocycles. The first-order valence-electron chi connectivity index (χ1n) is 9.56. The van der Waals surface area contributed by atoms with E-state index in [1.807, 2.05) is 35.9 Å². The zero-order valence-electron chi connectivity index (χ0n) is 17.0. The third-order valence-electron chi connectivity index (χ3n) is 4.40. The summed E-state index contributed by atoms with van der Waals surface area (Å²) in [6, 6.07) is 3.43. The molecular formula is C20H30N4OSSi. The molecule has 5 nitrogen and oxygen atoms in total. The Hall–Kier alpha value is -1.57. The Morgan fingerprint density at radius 3 is 2.67 bits per heavy atom. The van der Waals surface area contributed by atoms with Crippen LogP contribution in [0.25, 0.3) is 22.2 Å². The number of aromatic nitrogens is 4. The molecule has 0 amide bonds. The average Bonchev–Trinajstić information content (AvgIpc) is 3.19. The van der Waals surface area contributed by atoms with Crippen LogP contribution in [0.5, 0.6) is 0 Å². The van der Waals surface area contributed by atoms with Gasteiger partial charge in [-0.15, -0.1) is 11.8 Å². The molecule has 27 heavy (non-hydrogen) atoms. The van der Waals surface area contributed by atoms with Crippen LogP contribution in [0.4, 0.5) is 0 Å². The molecular weight excluding hydrogens is 372 g/mol. The van der Waals surface area contributed by atoms with Crippen LogP contribution < -0.4 is 0 Å². The largest absolute Gasteiger partial charge is 0.361 e. The van der Waals surface area contributed by atoms with Gasteiger partial charge in [-0.3, -0.25) is 4.68 Å². The maximum Gasteiger partial charge on any atom is 0.142 e. The summed E-state index contributed by atoms with van der Waals surface area (Å²) in [6.07, 6.45) is 9.25. The Morgan fingerprint density at radius 1 is 1.19 bits per heavy atom. The SMILES string of the molecule is CCCSc1cnc2c(c1)c(-c1cnn(C)c1)cn2COCC[Si](C)(C)C. The van der Waals surface area contributed by atoms with E-state index in [1.165, 1.54) is 16.5 Å². The fraction of sp³-hybridized carbons (Fsp3) is 0.500. The van der Waals surface area contributed by atoms with Gasteiger partial charge in [0.1, 0.15) is 12.4 Å². The minimum absolute atomic E-state index is 0.537. The topological polar surface area (TPSA) is 44.9 Å². The highest BCUT2D eigenvalue weighted by Gasteiger charge is 2.15. The minimum Gasteiger partial charge on any atom is -0.361 e. The van der Waals surface area contributed by atoms with Gasteiger partial charge in [0.15, 0.2) is 0 Å². The van der Waals surface area contributed by atoms with E-state index < -0.39 is 8.07 Å². The van der Waals surface area contributed by atoms with E-state index in [0.717, 1.165) is 35.4 Å². The number of nitrogens with zero attached hydrogens (tertiary/aromatic N) is 4. The Kier molecular flexibility index (Phi) is 6.44. The van der Waals surface area contributed by atoms with Crippen molar-refractivity contribution in [3.63, 3.8) is 0 Å². The number of thioether (sulfide) groups is 1. The molecule has 0 fully saturated rings. The molecule has 3 rings (SSSR count). The second kappa shape index (κ2) is 8.62. The first-order valence-corrected chi connectivity index (χ1v) is 14.2. The van der Waals surface area contributed by atoms with Gasteiger partial charge in [-0.05, 0) is 24.3 Å². The van der Waals surface area contributed by atoms with Crippen molar-refractivity contribution in [1.29, 1.82) is 0 Å². The van der Waals surface area contributed by atoms with Crippen molar-refractivity contribution in [2.24, 2.45) is 7.05 Å². The Morgan fingerprint density at radius 2 is 2.00 bits per heavy atom. The van der Waals surface area contributed by atoms with Crippen LogP contribution in [0.1, 0.15) is 13.3 Å². The third kappa shape index (κ3) is 5.24. The van der Waals surface area contributed by atoms with Crippen LogP contribution in [-0.2, 0) is 18.5 Å². The standard InChI is InChI=1S/C20H30N4OSSi/c1-6-8-26-17-10-18-19(16-11-22-23(2)13-16)14-24(20(18)21-12-17)15-25-7-9-27(3,4)5/h10-14H,6-9,15H2,1-5H3. The summed E-state index contributed by atoms with van der Waals surface area (Å²) in [6.45, 7) is 10.7. The summed E-state index contributed by atoms with van der Waals surface area (Å²) in [4.78, 5) is 5.97. The minimum atomic E-state index is -1.08. The van der Waals surface area contributed by atoms with Crippen LogP contribution >= 0.6 is 11.8 Å². The van der Waals surface area contributed by atoms with E-state index in [4.69, 9.17) is 9.72 Å². The maximum atomic E-state index is 5.99. The van der Waals surface area contributed by atoms with E-state index >= 15 is 0 Å². The second-order valence-electron chi connectivity index (χ2n) is 8.15. The van der Waals surface area contributed by atoms with Crippen molar-refractivity contribution in [2.75, 3.05) is 12.4 Å². The fourth-order valence-electron chi connectivity index (χ4n) is 2.88. The van der Waals surface area contributed by atoms with Crippen LogP contribution in [-0.4, -0.2) is 39.8 Å². The first kappa shape index (κ1) is 20.2. The van der Waals surface area contributed by atoms with Crippen molar-refractivity contribution in [2.45, 2.75) is 50.7 Å². The Bertz CT molecular complexity index is 897. The van der Waals surface area contributed by atoms with Crippen molar-refractivity contribution in [1.82, 2.24) is 19.3 Å². The van der Waals surface area contributed by atoms with Crippen LogP contribution in [0.2, 0.25) is 25.7 Å². The number of fused-ring (bicyclic) bond motifs is 1. The molecule has 0 saturated heterocycles. The average molecular weight is 403 g/mol. The van der Waals surface area contributed by atoms with Gasteiger partial charge >= 0.3 is 0 Å². The third-order valence-corrected chi connectivity index (χ3v) is 7.28. The lowest BCUT2D eigenvalue weighted by Crippen LogP contribution is -2.22.